The standard InChI is InChI=1S/C20H21N3O4S2/c1-3-18(27-16-6-4-5-14(2)13-16)19(24)22-15-7-9-17(10-8-15)29(25,26)23-20-21-11-12-28-20/h4-13,18H,3H2,1-2H3,(H,21,23)(H,22,24). The lowest BCUT2D eigenvalue weighted by Crippen LogP contribution is -2.32. The molecule has 2 aromatic carbocycles. The zero-order valence-corrected chi connectivity index (χ0v) is 17.6. The largest absolute Gasteiger partial charge is 0.481 e. The molecule has 0 saturated heterocycles. The highest BCUT2D eigenvalue weighted by atomic mass is 32.2. The number of nitrogens with zero attached hydrogens (tertiary/aromatic N) is 1. The average molecular weight is 432 g/mol. The molecule has 3 aromatic rings. The number of thiazole rings is 1. The smallest absolute Gasteiger partial charge is 0.265 e. The SMILES string of the molecule is CCC(Oc1cccc(C)c1)C(=O)Nc1ccc(S(=O)(=O)Nc2nccs2)cc1. The Kier molecular flexibility index (Phi) is 6.50. The van der Waals surface area contributed by atoms with E-state index in [-0.39, 0.29) is 10.8 Å². The van der Waals surface area contributed by atoms with Crippen molar-refractivity contribution in [3.05, 3.63) is 65.7 Å². The maximum absolute atomic E-state index is 12.6. The first-order valence-corrected chi connectivity index (χ1v) is 11.3. The Labute approximate surface area is 173 Å². The minimum Gasteiger partial charge on any atom is -0.481 e. The molecular formula is C20H21N3O4S2. The van der Waals surface area contributed by atoms with Crippen molar-refractivity contribution in [3.8, 4) is 5.75 Å². The fraction of sp³-hybridized carbons (Fsp3) is 0.200. The van der Waals surface area contributed by atoms with Gasteiger partial charge in [0.1, 0.15) is 5.75 Å². The summed E-state index contributed by atoms with van der Waals surface area (Å²) in [6.07, 6.45) is 1.35. The highest BCUT2D eigenvalue weighted by molar-refractivity contribution is 7.93. The molecule has 1 aromatic heterocycles. The summed E-state index contributed by atoms with van der Waals surface area (Å²) in [5, 5.41) is 4.74. The molecule has 1 amide bonds. The van der Waals surface area contributed by atoms with E-state index in [2.05, 4.69) is 15.0 Å². The predicted molar refractivity (Wildman–Crippen MR) is 114 cm³/mol. The second-order valence-electron chi connectivity index (χ2n) is 6.29. The third kappa shape index (κ3) is 5.55. The maximum Gasteiger partial charge on any atom is 0.265 e. The summed E-state index contributed by atoms with van der Waals surface area (Å²) in [6.45, 7) is 3.81. The number of hydrogen-bond donors (Lipinski definition) is 2. The Hall–Kier alpha value is -2.91. The van der Waals surface area contributed by atoms with Crippen LogP contribution in [0.25, 0.3) is 0 Å². The molecule has 152 valence electrons. The van der Waals surface area contributed by atoms with Crippen LogP contribution in [0.4, 0.5) is 10.8 Å². The van der Waals surface area contributed by atoms with Crippen LogP contribution in [0, 0.1) is 6.92 Å². The third-order valence-corrected chi connectivity index (χ3v) is 6.19. The summed E-state index contributed by atoms with van der Waals surface area (Å²) >= 11 is 1.19. The van der Waals surface area contributed by atoms with Gasteiger partial charge in [-0.1, -0.05) is 19.1 Å². The number of carbonyl (C=O) groups is 1. The zero-order chi connectivity index (χ0) is 20.9. The van der Waals surface area contributed by atoms with Gasteiger partial charge in [-0.25, -0.2) is 13.4 Å². The van der Waals surface area contributed by atoms with E-state index >= 15 is 0 Å². The van der Waals surface area contributed by atoms with Gasteiger partial charge in [0.05, 0.1) is 4.90 Å². The summed E-state index contributed by atoms with van der Waals surface area (Å²) < 4.78 is 32.9. The number of aryl methyl sites for hydroxylation is 1. The Bertz CT molecular complexity index is 1070. The van der Waals surface area contributed by atoms with Crippen molar-refractivity contribution >= 4 is 38.1 Å². The number of anilines is 2. The second-order valence-corrected chi connectivity index (χ2v) is 8.86. The molecule has 1 atom stereocenters. The van der Waals surface area contributed by atoms with Crippen LogP contribution >= 0.6 is 11.3 Å². The fourth-order valence-corrected chi connectivity index (χ4v) is 4.35. The minimum absolute atomic E-state index is 0.0775. The number of benzene rings is 2. The van der Waals surface area contributed by atoms with Crippen molar-refractivity contribution in [2.45, 2.75) is 31.3 Å². The molecule has 29 heavy (non-hydrogen) atoms. The van der Waals surface area contributed by atoms with Crippen LogP contribution in [-0.4, -0.2) is 25.4 Å². The van der Waals surface area contributed by atoms with Crippen molar-refractivity contribution < 1.29 is 17.9 Å². The molecule has 0 radical (unpaired) electrons. The van der Waals surface area contributed by atoms with Gasteiger partial charge in [0.15, 0.2) is 11.2 Å². The van der Waals surface area contributed by atoms with E-state index in [9.17, 15) is 13.2 Å². The van der Waals surface area contributed by atoms with Crippen LogP contribution in [0.15, 0.2) is 65.0 Å². The second kappa shape index (κ2) is 9.06. The first-order chi connectivity index (χ1) is 13.9. The molecule has 7 nitrogen and oxygen atoms in total. The van der Waals surface area contributed by atoms with E-state index in [0.29, 0.717) is 23.0 Å². The molecule has 0 saturated carbocycles. The third-order valence-electron chi connectivity index (χ3n) is 4.02. The van der Waals surface area contributed by atoms with Gasteiger partial charge < -0.3 is 10.1 Å². The van der Waals surface area contributed by atoms with Crippen molar-refractivity contribution in [1.29, 1.82) is 0 Å². The summed E-state index contributed by atoms with van der Waals surface area (Å²) in [5.41, 5.74) is 1.52. The molecule has 0 bridgehead atoms. The van der Waals surface area contributed by atoms with E-state index in [4.69, 9.17) is 4.74 Å². The summed E-state index contributed by atoms with van der Waals surface area (Å²) in [7, 11) is -3.73. The highest BCUT2D eigenvalue weighted by Gasteiger charge is 2.20. The number of hydrogen-bond acceptors (Lipinski definition) is 6. The number of ether oxygens (including phenoxy) is 1. The van der Waals surface area contributed by atoms with Gasteiger partial charge in [0, 0.05) is 17.3 Å². The monoisotopic (exact) mass is 431 g/mol. The Morgan fingerprint density at radius 2 is 1.97 bits per heavy atom. The molecule has 3 rings (SSSR count). The zero-order valence-electron chi connectivity index (χ0n) is 16.0. The van der Waals surface area contributed by atoms with Crippen LogP contribution in [0.2, 0.25) is 0 Å². The van der Waals surface area contributed by atoms with Gasteiger partial charge in [0.2, 0.25) is 0 Å². The van der Waals surface area contributed by atoms with Gasteiger partial charge in [-0.3, -0.25) is 9.52 Å². The van der Waals surface area contributed by atoms with E-state index in [0.717, 1.165) is 5.56 Å². The van der Waals surface area contributed by atoms with Crippen molar-refractivity contribution in [2.75, 3.05) is 10.0 Å². The first kappa shape index (κ1) is 20.8. The molecule has 0 fully saturated rings. The van der Waals surface area contributed by atoms with Crippen molar-refractivity contribution in [3.63, 3.8) is 0 Å². The number of carbonyl (C=O) groups excluding carboxylic acids is 1. The Morgan fingerprint density at radius 3 is 2.59 bits per heavy atom. The van der Waals surface area contributed by atoms with Gasteiger partial charge in [-0.05, 0) is 55.3 Å². The van der Waals surface area contributed by atoms with Crippen LogP contribution < -0.4 is 14.8 Å². The lowest BCUT2D eigenvalue weighted by Gasteiger charge is -2.17. The molecule has 0 spiro atoms. The van der Waals surface area contributed by atoms with Crippen LogP contribution in [-0.2, 0) is 14.8 Å². The number of aromatic nitrogens is 1. The maximum atomic E-state index is 12.6. The number of amides is 1. The van der Waals surface area contributed by atoms with Gasteiger partial charge in [-0.15, -0.1) is 11.3 Å². The van der Waals surface area contributed by atoms with Gasteiger partial charge >= 0.3 is 0 Å². The molecule has 9 heteroatoms. The van der Waals surface area contributed by atoms with Crippen molar-refractivity contribution in [2.24, 2.45) is 0 Å². The van der Waals surface area contributed by atoms with Gasteiger partial charge in [-0.2, -0.15) is 0 Å². The molecule has 2 N–H and O–H groups in total. The molecule has 1 heterocycles. The predicted octanol–water partition coefficient (Wildman–Crippen LogP) is 4.05. The van der Waals surface area contributed by atoms with Crippen LogP contribution in [0.3, 0.4) is 0 Å². The highest BCUT2D eigenvalue weighted by Crippen LogP contribution is 2.20. The van der Waals surface area contributed by atoms with Crippen LogP contribution in [0.1, 0.15) is 18.9 Å². The van der Waals surface area contributed by atoms with E-state index in [1.165, 1.54) is 41.8 Å². The summed E-state index contributed by atoms with van der Waals surface area (Å²) in [5.74, 6) is 0.326. The van der Waals surface area contributed by atoms with Gasteiger partial charge in [0.25, 0.3) is 15.9 Å². The summed E-state index contributed by atoms with van der Waals surface area (Å²) in [6, 6.07) is 13.4. The summed E-state index contributed by atoms with van der Waals surface area (Å²) in [4.78, 5) is 16.5. The fourth-order valence-electron chi connectivity index (χ4n) is 2.56. The van der Waals surface area contributed by atoms with Crippen LogP contribution in [0.5, 0.6) is 5.75 Å². The topological polar surface area (TPSA) is 97.4 Å². The lowest BCUT2D eigenvalue weighted by molar-refractivity contribution is -0.122. The van der Waals surface area contributed by atoms with E-state index in [1.54, 1.807) is 11.4 Å². The molecule has 0 aliphatic heterocycles. The molecule has 1 unspecified atom stereocenters. The van der Waals surface area contributed by atoms with Crippen molar-refractivity contribution in [1.82, 2.24) is 4.98 Å². The molecule has 0 aliphatic carbocycles. The number of nitrogens with one attached hydrogen (secondary N) is 2. The normalized spacial score (nSPS) is 12.2. The first-order valence-electron chi connectivity index (χ1n) is 8.94. The minimum atomic E-state index is -3.73. The quantitative estimate of drug-likeness (QED) is 0.561. The molecular weight excluding hydrogens is 410 g/mol. The number of rotatable bonds is 8. The Morgan fingerprint density at radius 1 is 1.21 bits per heavy atom. The molecule has 0 aliphatic rings. The van der Waals surface area contributed by atoms with E-state index in [1.807, 2.05) is 32.0 Å². The van der Waals surface area contributed by atoms with E-state index < -0.39 is 16.1 Å². The average Bonchev–Trinajstić information content (AvgIpc) is 3.19. The number of sulfonamides is 1. The lowest BCUT2D eigenvalue weighted by atomic mass is 10.2. The Balaban J connectivity index is 1.65.